The van der Waals surface area contributed by atoms with Crippen LogP contribution in [0.3, 0.4) is 0 Å². The summed E-state index contributed by atoms with van der Waals surface area (Å²) in [5, 5.41) is 6.24. The first-order valence-electron chi connectivity index (χ1n) is 11.4. The van der Waals surface area contributed by atoms with Crippen molar-refractivity contribution in [1.29, 1.82) is 0 Å². The lowest BCUT2D eigenvalue weighted by atomic mass is 10.0. The van der Waals surface area contributed by atoms with Gasteiger partial charge < -0.3 is 30.6 Å². The zero-order valence-corrected chi connectivity index (χ0v) is 20.6. The minimum atomic E-state index is -0.861. The number of ether oxygens (including phenoxy) is 3. The molecule has 10 heteroatoms. The molecule has 0 aromatic heterocycles. The minimum absolute atomic E-state index is 0.0876. The average molecular weight is 506 g/mol. The maximum absolute atomic E-state index is 12.5. The van der Waals surface area contributed by atoms with Crippen LogP contribution in [0, 0.1) is 0 Å². The molecule has 0 aliphatic carbocycles. The van der Waals surface area contributed by atoms with Crippen molar-refractivity contribution in [3.05, 3.63) is 82.9 Å². The lowest BCUT2D eigenvalue weighted by molar-refractivity contribution is 0.0518. The van der Waals surface area contributed by atoms with Crippen LogP contribution in [0.4, 0.5) is 22.7 Å². The molecular weight excluding hydrogens is 478 g/mol. The first-order chi connectivity index (χ1) is 17.8. The number of anilines is 4. The fourth-order valence-electron chi connectivity index (χ4n) is 3.54. The van der Waals surface area contributed by atoms with Gasteiger partial charge in [-0.05, 0) is 50.2 Å². The van der Waals surface area contributed by atoms with Crippen LogP contribution in [0.15, 0.2) is 60.7 Å². The van der Waals surface area contributed by atoms with Crippen LogP contribution in [0.5, 0.6) is 0 Å². The van der Waals surface area contributed by atoms with Gasteiger partial charge in [-0.2, -0.15) is 0 Å². The molecule has 0 saturated heterocycles. The fourth-order valence-corrected chi connectivity index (χ4v) is 3.54. The van der Waals surface area contributed by atoms with E-state index in [4.69, 9.17) is 19.9 Å². The molecule has 4 N–H and O–H groups in total. The third-order valence-corrected chi connectivity index (χ3v) is 5.21. The predicted octanol–water partition coefficient (Wildman–Crippen LogP) is 4.41. The van der Waals surface area contributed by atoms with Gasteiger partial charge in [0.1, 0.15) is 0 Å². The second-order valence-electron chi connectivity index (χ2n) is 7.58. The molecule has 3 aromatic rings. The maximum Gasteiger partial charge on any atom is 0.340 e. The number of benzene rings is 3. The third-order valence-electron chi connectivity index (χ3n) is 5.21. The van der Waals surface area contributed by atoms with E-state index in [0.717, 1.165) is 0 Å². The Bertz CT molecular complexity index is 1340. The number of rotatable bonds is 10. The summed E-state index contributed by atoms with van der Waals surface area (Å²) >= 11 is 0. The van der Waals surface area contributed by atoms with Gasteiger partial charge in [0.2, 0.25) is 5.91 Å². The molecular formula is C27H27N3O7. The quantitative estimate of drug-likeness (QED) is 0.269. The molecule has 0 bridgehead atoms. The van der Waals surface area contributed by atoms with Gasteiger partial charge in [-0.15, -0.1) is 0 Å². The van der Waals surface area contributed by atoms with Crippen molar-refractivity contribution in [3.63, 3.8) is 0 Å². The summed E-state index contributed by atoms with van der Waals surface area (Å²) < 4.78 is 15.1. The molecule has 0 aliphatic rings. The van der Waals surface area contributed by atoms with Gasteiger partial charge in [-0.25, -0.2) is 14.4 Å². The van der Waals surface area contributed by atoms with Crippen molar-refractivity contribution in [2.24, 2.45) is 5.73 Å². The van der Waals surface area contributed by atoms with Crippen LogP contribution >= 0.6 is 0 Å². The summed E-state index contributed by atoms with van der Waals surface area (Å²) in [7, 11) is 1.18. The molecule has 0 heterocycles. The Morgan fingerprint density at radius 2 is 1.08 bits per heavy atom. The lowest BCUT2D eigenvalue weighted by Gasteiger charge is -2.19. The number of esters is 3. The van der Waals surface area contributed by atoms with E-state index in [1.165, 1.54) is 19.2 Å². The summed E-state index contributed by atoms with van der Waals surface area (Å²) in [5.74, 6) is -2.74. The molecule has 0 spiro atoms. The van der Waals surface area contributed by atoms with Gasteiger partial charge in [0.05, 0.1) is 65.3 Å². The zero-order chi connectivity index (χ0) is 26.9. The molecule has 37 heavy (non-hydrogen) atoms. The summed E-state index contributed by atoms with van der Waals surface area (Å²) in [6, 6.07) is 16.0. The highest BCUT2D eigenvalue weighted by atomic mass is 16.5. The summed E-state index contributed by atoms with van der Waals surface area (Å²) in [6.45, 7) is 3.76. The zero-order valence-electron chi connectivity index (χ0n) is 20.6. The topological polar surface area (TPSA) is 146 Å². The first kappa shape index (κ1) is 26.7. The number of carbonyl (C=O) groups is 4. The summed E-state index contributed by atoms with van der Waals surface area (Å²) in [6.07, 6.45) is 0. The number of nitrogens with two attached hydrogens (primary N) is 1. The van der Waals surface area contributed by atoms with Crippen LogP contribution in [-0.4, -0.2) is 44.1 Å². The van der Waals surface area contributed by atoms with Crippen molar-refractivity contribution in [2.75, 3.05) is 31.0 Å². The SMILES string of the molecule is CCOC(=O)c1ccccc1Nc1cc(C(N)=O)c(C(=O)OC)cc1Nc1ccccc1C(=O)OCC. The van der Waals surface area contributed by atoms with Gasteiger partial charge in [0.15, 0.2) is 0 Å². The monoisotopic (exact) mass is 505 g/mol. The average Bonchev–Trinajstić information content (AvgIpc) is 2.89. The van der Waals surface area contributed by atoms with Crippen LogP contribution in [0.2, 0.25) is 0 Å². The van der Waals surface area contributed by atoms with Crippen molar-refractivity contribution in [1.82, 2.24) is 0 Å². The molecule has 10 nitrogen and oxygen atoms in total. The van der Waals surface area contributed by atoms with Crippen LogP contribution in [0.25, 0.3) is 0 Å². The number of carbonyl (C=O) groups excluding carboxylic acids is 4. The highest BCUT2D eigenvalue weighted by Gasteiger charge is 2.22. The van der Waals surface area contributed by atoms with E-state index >= 15 is 0 Å². The Kier molecular flexibility index (Phi) is 8.82. The van der Waals surface area contributed by atoms with E-state index in [0.29, 0.717) is 17.1 Å². The number of hydrogen-bond acceptors (Lipinski definition) is 9. The van der Waals surface area contributed by atoms with Gasteiger partial charge in [-0.1, -0.05) is 24.3 Å². The molecule has 0 radical (unpaired) electrons. The molecule has 3 aromatic carbocycles. The minimum Gasteiger partial charge on any atom is -0.465 e. The van der Waals surface area contributed by atoms with Gasteiger partial charge in [0, 0.05) is 0 Å². The third kappa shape index (κ3) is 6.23. The number of nitrogens with one attached hydrogen (secondary N) is 2. The number of primary amides is 1. The molecule has 0 unspecified atom stereocenters. The molecule has 0 fully saturated rings. The first-order valence-corrected chi connectivity index (χ1v) is 11.4. The van der Waals surface area contributed by atoms with Gasteiger partial charge in [-0.3, -0.25) is 4.79 Å². The standard InChI is InChI=1S/C27H27N3O7/c1-4-36-26(33)16-10-6-8-12-20(16)29-22-14-18(24(28)31)19(25(32)35-3)15-23(22)30-21-13-9-7-11-17(21)27(34)37-5-2/h6-15,29-30H,4-5H2,1-3H3,(H2,28,31). The van der Waals surface area contributed by atoms with E-state index in [-0.39, 0.29) is 41.2 Å². The summed E-state index contributed by atoms with van der Waals surface area (Å²) in [4.78, 5) is 49.7. The molecule has 0 atom stereocenters. The lowest BCUT2D eigenvalue weighted by Crippen LogP contribution is -2.18. The van der Waals surface area contributed by atoms with E-state index < -0.39 is 23.8 Å². The number of para-hydroxylation sites is 2. The highest BCUT2D eigenvalue weighted by Crippen LogP contribution is 2.34. The Balaban J connectivity index is 2.18. The highest BCUT2D eigenvalue weighted by molar-refractivity contribution is 6.08. The van der Waals surface area contributed by atoms with Gasteiger partial charge >= 0.3 is 17.9 Å². The maximum atomic E-state index is 12.5. The molecule has 0 aliphatic heterocycles. The summed E-state index contributed by atoms with van der Waals surface area (Å²) in [5.41, 5.74) is 7.20. The molecule has 3 rings (SSSR count). The van der Waals surface area contributed by atoms with Crippen LogP contribution in [0.1, 0.15) is 55.3 Å². The second-order valence-corrected chi connectivity index (χ2v) is 7.58. The van der Waals surface area contributed by atoms with Crippen LogP contribution in [-0.2, 0) is 14.2 Å². The number of methoxy groups -OCH3 is 1. The van der Waals surface area contributed by atoms with Crippen molar-refractivity contribution in [2.45, 2.75) is 13.8 Å². The molecule has 192 valence electrons. The van der Waals surface area contributed by atoms with Crippen molar-refractivity contribution >= 4 is 46.6 Å². The largest absolute Gasteiger partial charge is 0.465 e. The molecule has 0 saturated carbocycles. The Hall–Kier alpha value is -4.86. The Morgan fingerprint density at radius 1 is 0.649 bits per heavy atom. The van der Waals surface area contributed by atoms with E-state index in [1.54, 1.807) is 62.4 Å². The van der Waals surface area contributed by atoms with Crippen molar-refractivity contribution < 1.29 is 33.4 Å². The van der Waals surface area contributed by atoms with E-state index in [2.05, 4.69) is 10.6 Å². The Morgan fingerprint density at radius 3 is 1.49 bits per heavy atom. The normalized spacial score (nSPS) is 10.2. The number of hydrogen-bond donors (Lipinski definition) is 3. The molecule has 1 amide bonds. The fraction of sp³-hybridized carbons (Fsp3) is 0.185. The van der Waals surface area contributed by atoms with Gasteiger partial charge in [0.25, 0.3) is 0 Å². The van der Waals surface area contributed by atoms with E-state index in [1.807, 2.05) is 0 Å². The smallest absolute Gasteiger partial charge is 0.340 e. The predicted molar refractivity (Wildman–Crippen MR) is 138 cm³/mol. The van der Waals surface area contributed by atoms with E-state index in [9.17, 15) is 19.2 Å². The second kappa shape index (κ2) is 12.2. The number of amides is 1. The van der Waals surface area contributed by atoms with Crippen molar-refractivity contribution in [3.8, 4) is 0 Å². The van der Waals surface area contributed by atoms with Crippen LogP contribution < -0.4 is 16.4 Å². The Labute approximate surface area is 213 Å².